The molecular weight excluding hydrogens is 279 g/mol. The van der Waals surface area contributed by atoms with E-state index in [0.717, 1.165) is 6.42 Å². The van der Waals surface area contributed by atoms with Crippen molar-refractivity contribution in [3.05, 3.63) is 24.0 Å². The molecule has 0 fully saturated rings. The molecule has 0 aliphatic carbocycles. The minimum atomic E-state index is -0.437. The van der Waals surface area contributed by atoms with Crippen LogP contribution in [0.1, 0.15) is 6.42 Å². The van der Waals surface area contributed by atoms with Crippen molar-refractivity contribution in [2.75, 3.05) is 31.8 Å². The molecular formula is C13H17FN4OS. The third-order valence-corrected chi connectivity index (χ3v) is 2.98. The lowest BCUT2D eigenvalue weighted by atomic mass is 10.2. The molecule has 20 heavy (non-hydrogen) atoms. The summed E-state index contributed by atoms with van der Waals surface area (Å²) >= 11 is 1.24. The van der Waals surface area contributed by atoms with Gasteiger partial charge in [0.1, 0.15) is 5.69 Å². The molecule has 0 radical (unpaired) electrons. The van der Waals surface area contributed by atoms with Gasteiger partial charge in [0, 0.05) is 20.3 Å². The molecule has 0 heterocycles. The molecule has 0 aliphatic heterocycles. The molecule has 0 unspecified atom stereocenters. The minimum Gasteiger partial charge on any atom is -0.385 e. The predicted octanol–water partition coefficient (Wildman–Crippen LogP) is 2.70. The molecule has 5 nitrogen and oxygen atoms in total. The summed E-state index contributed by atoms with van der Waals surface area (Å²) in [5, 5.41) is 14.5. The summed E-state index contributed by atoms with van der Waals surface area (Å²) in [6.07, 6.45) is 4.34. The average molecular weight is 296 g/mol. The fourth-order valence-corrected chi connectivity index (χ4v) is 1.82. The van der Waals surface area contributed by atoms with Crippen LogP contribution in [0.2, 0.25) is 0 Å². The molecule has 0 bridgehead atoms. The van der Waals surface area contributed by atoms with Crippen LogP contribution in [0.15, 0.2) is 23.2 Å². The standard InChI is InChI=1S/C13H17FN4OS/c1-19-8-4-7-16-11-6-3-5-10(14)12(11)18-13(20-2)17-9-15/h3,5-6,16H,4,7-8H2,1-2H3,(H,17,18). The predicted molar refractivity (Wildman–Crippen MR) is 80.7 cm³/mol. The Labute approximate surface area is 122 Å². The number of amidine groups is 1. The monoisotopic (exact) mass is 296 g/mol. The van der Waals surface area contributed by atoms with Crippen LogP contribution in [-0.2, 0) is 4.74 Å². The van der Waals surface area contributed by atoms with Gasteiger partial charge in [0.2, 0.25) is 0 Å². The first-order chi connectivity index (χ1) is 9.72. The number of halogens is 1. The number of methoxy groups -OCH3 is 1. The second-order valence-electron chi connectivity index (χ2n) is 3.77. The van der Waals surface area contributed by atoms with Gasteiger partial charge >= 0.3 is 0 Å². The van der Waals surface area contributed by atoms with Crippen LogP contribution in [-0.4, -0.2) is 31.7 Å². The number of nitriles is 1. The van der Waals surface area contributed by atoms with E-state index in [0.29, 0.717) is 24.0 Å². The van der Waals surface area contributed by atoms with Gasteiger partial charge in [-0.05, 0) is 24.8 Å². The minimum absolute atomic E-state index is 0.192. The maximum Gasteiger partial charge on any atom is 0.183 e. The van der Waals surface area contributed by atoms with E-state index < -0.39 is 5.82 Å². The zero-order chi connectivity index (χ0) is 14.8. The van der Waals surface area contributed by atoms with Crippen molar-refractivity contribution in [2.45, 2.75) is 6.42 Å². The van der Waals surface area contributed by atoms with Crippen molar-refractivity contribution in [1.82, 2.24) is 5.32 Å². The van der Waals surface area contributed by atoms with Crippen LogP contribution >= 0.6 is 11.8 Å². The summed E-state index contributed by atoms with van der Waals surface area (Å²) in [5.74, 6) is -0.437. The van der Waals surface area contributed by atoms with E-state index in [9.17, 15) is 4.39 Å². The number of nitrogens with one attached hydrogen (secondary N) is 2. The molecule has 0 aliphatic rings. The van der Waals surface area contributed by atoms with Crippen LogP contribution in [0.5, 0.6) is 0 Å². The van der Waals surface area contributed by atoms with Crippen LogP contribution < -0.4 is 10.6 Å². The zero-order valence-electron chi connectivity index (χ0n) is 11.4. The number of hydrogen-bond donors (Lipinski definition) is 2. The summed E-state index contributed by atoms with van der Waals surface area (Å²) in [5.41, 5.74) is 0.782. The van der Waals surface area contributed by atoms with Crippen molar-refractivity contribution in [3.63, 3.8) is 0 Å². The van der Waals surface area contributed by atoms with Gasteiger partial charge in [0.15, 0.2) is 17.2 Å². The number of hydrogen-bond acceptors (Lipinski definition) is 5. The smallest absolute Gasteiger partial charge is 0.183 e. The van der Waals surface area contributed by atoms with Gasteiger partial charge in [-0.1, -0.05) is 17.8 Å². The average Bonchev–Trinajstić information content (AvgIpc) is 2.45. The highest BCUT2D eigenvalue weighted by molar-refractivity contribution is 8.13. The SMILES string of the molecule is COCCCNc1cccc(F)c1N=C(NC#N)SC. The molecule has 0 saturated heterocycles. The van der Waals surface area contributed by atoms with Gasteiger partial charge in [-0.3, -0.25) is 5.32 Å². The highest BCUT2D eigenvalue weighted by Gasteiger charge is 2.08. The van der Waals surface area contributed by atoms with E-state index in [1.54, 1.807) is 31.7 Å². The molecule has 108 valence electrons. The Bertz CT molecular complexity index is 502. The Morgan fingerprint density at radius 2 is 2.35 bits per heavy atom. The number of rotatable bonds is 6. The second-order valence-corrected chi connectivity index (χ2v) is 4.56. The van der Waals surface area contributed by atoms with Crippen LogP contribution in [0.4, 0.5) is 15.8 Å². The summed E-state index contributed by atoms with van der Waals surface area (Å²) in [4.78, 5) is 4.14. The van der Waals surface area contributed by atoms with Gasteiger partial charge in [-0.2, -0.15) is 5.26 Å². The fourth-order valence-electron chi connectivity index (χ4n) is 1.49. The molecule has 7 heteroatoms. The van der Waals surface area contributed by atoms with Gasteiger partial charge in [0.05, 0.1) is 5.69 Å². The van der Waals surface area contributed by atoms with Gasteiger partial charge in [0.25, 0.3) is 0 Å². The first kappa shape index (κ1) is 16.3. The van der Waals surface area contributed by atoms with Crippen molar-refractivity contribution >= 4 is 28.3 Å². The Balaban J connectivity index is 2.90. The van der Waals surface area contributed by atoms with Gasteiger partial charge < -0.3 is 10.1 Å². The van der Waals surface area contributed by atoms with E-state index in [1.807, 2.05) is 0 Å². The van der Waals surface area contributed by atoms with Crippen LogP contribution in [0, 0.1) is 17.3 Å². The largest absolute Gasteiger partial charge is 0.385 e. The molecule has 2 N–H and O–H groups in total. The number of aliphatic imine (C=N–C) groups is 1. The Kier molecular flexibility index (Phi) is 7.47. The Hall–Kier alpha value is -1.78. The van der Waals surface area contributed by atoms with Crippen molar-refractivity contribution in [3.8, 4) is 6.19 Å². The first-order valence-electron chi connectivity index (χ1n) is 6.02. The molecule has 0 aromatic heterocycles. The van der Waals surface area contributed by atoms with Crippen molar-refractivity contribution < 1.29 is 9.13 Å². The molecule has 1 aromatic carbocycles. The lowest BCUT2D eigenvalue weighted by molar-refractivity contribution is 0.198. The maximum atomic E-state index is 13.9. The molecule has 1 aromatic rings. The third-order valence-electron chi connectivity index (χ3n) is 2.40. The molecule has 0 amide bonds. The summed E-state index contributed by atoms with van der Waals surface area (Å²) in [6.45, 7) is 1.28. The molecule has 0 saturated carbocycles. The molecule has 0 atom stereocenters. The number of anilines is 1. The molecule has 1 rings (SSSR count). The van der Waals surface area contributed by atoms with E-state index in [1.165, 1.54) is 17.8 Å². The van der Waals surface area contributed by atoms with Crippen molar-refractivity contribution in [2.24, 2.45) is 4.99 Å². The lowest BCUT2D eigenvalue weighted by Crippen LogP contribution is -2.13. The van der Waals surface area contributed by atoms with Crippen molar-refractivity contribution in [1.29, 1.82) is 5.26 Å². The van der Waals surface area contributed by atoms with Crippen LogP contribution in [0.3, 0.4) is 0 Å². The Morgan fingerprint density at radius 3 is 3.00 bits per heavy atom. The second kappa shape index (κ2) is 9.18. The summed E-state index contributed by atoms with van der Waals surface area (Å²) in [6, 6.07) is 4.70. The highest BCUT2D eigenvalue weighted by atomic mass is 32.2. The normalized spacial score (nSPS) is 11.0. The number of benzene rings is 1. The molecule has 0 spiro atoms. The Morgan fingerprint density at radius 1 is 1.55 bits per heavy atom. The number of ether oxygens (including phenoxy) is 1. The van der Waals surface area contributed by atoms with E-state index in [-0.39, 0.29) is 5.69 Å². The number of para-hydroxylation sites is 1. The highest BCUT2D eigenvalue weighted by Crippen LogP contribution is 2.28. The number of nitrogens with zero attached hydrogens (tertiary/aromatic N) is 2. The summed E-state index contributed by atoms with van der Waals surface area (Å²) in [7, 11) is 1.64. The number of thioether (sulfide) groups is 1. The van der Waals surface area contributed by atoms with Gasteiger partial charge in [-0.15, -0.1) is 0 Å². The van der Waals surface area contributed by atoms with E-state index in [4.69, 9.17) is 10.00 Å². The summed E-state index contributed by atoms with van der Waals surface area (Å²) < 4.78 is 18.8. The fraction of sp³-hybridized carbons (Fsp3) is 0.385. The first-order valence-corrected chi connectivity index (χ1v) is 7.24. The lowest BCUT2D eigenvalue weighted by Gasteiger charge is -2.10. The topological polar surface area (TPSA) is 69.4 Å². The quantitative estimate of drug-likeness (QED) is 0.278. The van der Waals surface area contributed by atoms with Crippen LogP contribution in [0.25, 0.3) is 0 Å². The van der Waals surface area contributed by atoms with E-state index in [2.05, 4.69) is 15.6 Å². The zero-order valence-corrected chi connectivity index (χ0v) is 12.3. The van der Waals surface area contributed by atoms with E-state index >= 15 is 0 Å². The third kappa shape index (κ3) is 5.07. The maximum absolute atomic E-state index is 13.9. The van der Waals surface area contributed by atoms with Gasteiger partial charge in [-0.25, -0.2) is 9.38 Å².